The predicted molar refractivity (Wildman–Crippen MR) is 231 cm³/mol. The first-order valence-corrected chi connectivity index (χ1v) is 23.5. The van der Waals surface area contributed by atoms with Crippen molar-refractivity contribution in [2.45, 2.75) is 239 Å². The zero-order chi connectivity index (χ0) is 38.3. The van der Waals surface area contributed by atoms with Crippen LogP contribution in [-0.4, -0.2) is 31.5 Å². The fourth-order valence-electron chi connectivity index (χ4n) is 7.28. The van der Waals surface area contributed by atoms with E-state index in [0.29, 0.717) is 36.6 Å². The van der Waals surface area contributed by atoms with E-state index in [4.69, 9.17) is 4.74 Å². The molecular weight excluding hydrogens is 653 g/mol. The summed E-state index contributed by atoms with van der Waals surface area (Å²) in [5, 5.41) is 6.23. The van der Waals surface area contributed by atoms with E-state index in [1.807, 2.05) is 0 Å². The zero-order valence-electron chi connectivity index (χ0n) is 35.6. The van der Waals surface area contributed by atoms with Gasteiger partial charge in [0.2, 0.25) is 0 Å². The minimum Gasteiger partial charge on any atom is -0.493 e. The largest absolute Gasteiger partial charge is 0.493 e. The maximum absolute atomic E-state index is 13.3. The van der Waals surface area contributed by atoms with E-state index < -0.39 is 0 Å². The normalized spacial score (nSPS) is 11.2. The van der Waals surface area contributed by atoms with Gasteiger partial charge in [-0.25, -0.2) is 0 Å². The molecular formula is C48H88N2O3. The Morgan fingerprint density at radius 3 is 1.11 bits per heavy atom. The van der Waals surface area contributed by atoms with Crippen LogP contribution in [0.3, 0.4) is 0 Å². The van der Waals surface area contributed by atoms with Gasteiger partial charge in [-0.05, 0) is 37.5 Å². The molecule has 0 fully saturated rings. The molecule has 0 aromatic heterocycles. The van der Waals surface area contributed by atoms with Gasteiger partial charge in [0.05, 0.1) is 12.2 Å². The van der Waals surface area contributed by atoms with Crippen molar-refractivity contribution in [2.24, 2.45) is 0 Å². The lowest BCUT2D eigenvalue weighted by Crippen LogP contribution is -2.26. The van der Waals surface area contributed by atoms with Crippen molar-refractivity contribution in [2.75, 3.05) is 19.7 Å². The molecule has 5 nitrogen and oxygen atoms in total. The molecule has 0 saturated carbocycles. The van der Waals surface area contributed by atoms with Crippen molar-refractivity contribution in [3.8, 4) is 5.75 Å². The van der Waals surface area contributed by atoms with Crippen molar-refractivity contribution in [3.05, 3.63) is 29.3 Å². The predicted octanol–water partition coefficient (Wildman–Crippen LogP) is 14.8. The summed E-state index contributed by atoms with van der Waals surface area (Å²) < 4.78 is 6.23. The molecule has 53 heavy (non-hydrogen) atoms. The van der Waals surface area contributed by atoms with Crippen LogP contribution in [-0.2, 0) is 0 Å². The maximum Gasteiger partial charge on any atom is 0.255 e. The topological polar surface area (TPSA) is 67.4 Å². The fraction of sp³-hybridized carbons (Fsp3) is 0.833. The number of ether oxygens (including phenoxy) is 1. The third kappa shape index (κ3) is 29.9. The molecule has 0 atom stereocenters. The van der Waals surface area contributed by atoms with Crippen molar-refractivity contribution in [1.82, 2.24) is 10.6 Å². The molecule has 0 spiro atoms. The van der Waals surface area contributed by atoms with Crippen LogP contribution in [0.2, 0.25) is 0 Å². The minimum absolute atomic E-state index is 0.0831. The van der Waals surface area contributed by atoms with Crippen LogP contribution in [0.1, 0.15) is 260 Å². The highest BCUT2D eigenvalue weighted by Crippen LogP contribution is 2.22. The molecule has 2 amide bonds. The molecule has 1 rings (SSSR count). The Morgan fingerprint density at radius 2 is 0.736 bits per heavy atom. The van der Waals surface area contributed by atoms with Crippen LogP contribution in [0.4, 0.5) is 0 Å². The minimum atomic E-state index is -0.102. The fourth-order valence-corrected chi connectivity index (χ4v) is 7.28. The monoisotopic (exact) mass is 741 g/mol. The molecule has 5 heteroatoms. The molecule has 0 radical (unpaired) electrons. The van der Waals surface area contributed by atoms with Crippen LogP contribution in [0.25, 0.3) is 0 Å². The third-order valence-corrected chi connectivity index (χ3v) is 10.9. The molecule has 308 valence electrons. The van der Waals surface area contributed by atoms with Gasteiger partial charge in [0.25, 0.3) is 11.8 Å². The SMILES string of the molecule is CCCCCCCCCCCCCCOc1cc(C(=O)NCCCCCCCCCCCCC)ccc1C(=O)NCCCCCCCCCCCCC. The Balaban J connectivity index is 2.45. The number of hydrogen-bond donors (Lipinski definition) is 2. The highest BCUT2D eigenvalue weighted by Gasteiger charge is 2.16. The lowest BCUT2D eigenvalue weighted by Gasteiger charge is -2.14. The van der Waals surface area contributed by atoms with E-state index in [-0.39, 0.29) is 11.8 Å². The molecule has 1 aromatic carbocycles. The van der Waals surface area contributed by atoms with Gasteiger partial charge in [0.1, 0.15) is 5.75 Å². The molecule has 0 heterocycles. The lowest BCUT2D eigenvalue weighted by atomic mass is 10.1. The molecule has 0 bridgehead atoms. The van der Waals surface area contributed by atoms with Gasteiger partial charge in [-0.2, -0.15) is 0 Å². The number of rotatable bonds is 40. The summed E-state index contributed by atoms with van der Waals surface area (Å²) in [6.07, 6.45) is 44.0. The quantitative estimate of drug-likeness (QED) is 0.0658. The highest BCUT2D eigenvalue weighted by molar-refractivity contribution is 6.00. The Hall–Kier alpha value is -2.04. The molecule has 2 N–H and O–H groups in total. The maximum atomic E-state index is 13.3. The van der Waals surface area contributed by atoms with Crippen molar-refractivity contribution in [3.63, 3.8) is 0 Å². The first-order chi connectivity index (χ1) is 26.1. The molecule has 0 saturated heterocycles. The zero-order valence-corrected chi connectivity index (χ0v) is 35.6. The summed E-state index contributed by atoms with van der Waals surface area (Å²) in [6.45, 7) is 8.75. The second-order valence-corrected chi connectivity index (χ2v) is 16.0. The van der Waals surface area contributed by atoms with E-state index in [9.17, 15) is 9.59 Å². The van der Waals surface area contributed by atoms with Crippen molar-refractivity contribution >= 4 is 11.8 Å². The molecule has 1 aromatic rings. The Kier molecular flexibility index (Phi) is 35.3. The smallest absolute Gasteiger partial charge is 0.255 e. The van der Waals surface area contributed by atoms with Gasteiger partial charge in [-0.15, -0.1) is 0 Å². The van der Waals surface area contributed by atoms with E-state index in [1.54, 1.807) is 18.2 Å². The highest BCUT2D eigenvalue weighted by atomic mass is 16.5. The number of hydrogen-bond acceptors (Lipinski definition) is 3. The molecule has 0 unspecified atom stereocenters. The molecule has 0 aliphatic heterocycles. The van der Waals surface area contributed by atoms with Crippen molar-refractivity contribution in [1.29, 1.82) is 0 Å². The summed E-state index contributed by atoms with van der Waals surface area (Å²) in [5.41, 5.74) is 1.11. The first-order valence-electron chi connectivity index (χ1n) is 23.5. The number of amides is 2. The van der Waals surface area contributed by atoms with E-state index in [2.05, 4.69) is 31.4 Å². The van der Waals surface area contributed by atoms with Gasteiger partial charge in [-0.3, -0.25) is 9.59 Å². The van der Waals surface area contributed by atoms with Crippen molar-refractivity contribution < 1.29 is 14.3 Å². The van der Waals surface area contributed by atoms with E-state index >= 15 is 0 Å². The summed E-state index contributed by atoms with van der Waals surface area (Å²) >= 11 is 0. The number of unbranched alkanes of at least 4 members (excludes halogenated alkanes) is 31. The standard InChI is InChI=1S/C48H88N2O3/c1-4-7-10-13-16-19-22-25-28-31-34-37-42-53-46-43-44(47(51)49-40-35-32-29-26-23-20-17-14-11-8-5-2)38-39-45(46)48(52)50-41-36-33-30-27-24-21-18-15-12-9-6-3/h38-39,43H,4-37,40-42H2,1-3H3,(H,49,51)(H,50,52). The average Bonchev–Trinajstić information content (AvgIpc) is 3.17. The van der Waals surface area contributed by atoms with Crippen LogP contribution in [0.5, 0.6) is 5.75 Å². The van der Waals surface area contributed by atoms with Gasteiger partial charge in [-0.1, -0.05) is 220 Å². The average molecular weight is 741 g/mol. The van der Waals surface area contributed by atoms with Gasteiger partial charge in [0, 0.05) is 18.7 Å². The van der Waals surface area contributed by atoms with Gasteiger partial charge >= 0.3 is 0 Å². The molecule has 0 aliphatic rings. The van der Waals surface area contributed by atoms with Crippen LogP contribution >= 0.6 is 0 Å². The second kappa shape index (κ2) is 38.2. The van der Waals surface area contributed by atoms with Gasteiger partial charge in [0.15, 0.2) is 0 Å². The Morgan fingerprint density at radius 1 is 0.415 bits per heavy atom. The summed E-state index contributed by atoms with van der Waals surface area (Å²) in [6, 6.07) is 5.35. The Labute approximate surface area is 329 Å². The van der Waals surface area contributed by atoms with Crippen LogP contribution in [0, 0.1) is 0 Å². The first kappa shape index (κ1) is 49.0. The summed E-state index contributed by atoms with van der Waals surface area (Å²) in [4.78, 5) is 26.3. The number of carbonyl (C=O) groups is 2. The summed E-state index contributed by atoms with van der Waals surface area (Å²) in [7, 11) is 0. The number of carbonyl (C=O) groups excluding carboxylic acids is 2. The molecule has 0 aliphatic carbocycles. The van der Waals surface area contributed by atoms with Gasteiger partial charge < -0.3 is 15.4 Å². The van der Waals surface area contributed by atoms with Crippen LogP contribution < -0.4 is 15.4 Å². The number of benzene rings is 1. The summed E-state index contributed by atoms with van der Waals surface area (Å²) in [5.74, 6) is 0.349. The number of nitrogens with one attached hydrogen (secondary N) is 2. The lowest BCUT2D eigenvalue weighted by molar-refractivity contribution is 0.0937. The second-order valence-electron chi connectivity index (χ2n) is 16.0. The Bertz CT molecular complexity index is 964. The third-order valence-electron chi connectivity index (χ3n) is 10.9. The van der Waals surface area contributed by atoms with E-state index in [0.717, 1.165) is 38.5 Å². The van der Waals surface area contributed by atoms with E-state index in [1.165, 1.54) is 180 Å². The van der Waals surface area contributed by atoms with Crippen LogP contribution in [0.15, 0.2) is 18.2 Å².